The second kappa shape index (κ2) is 30.8. The van der Waals surface area contributed by atoms with E-state index in [0.29, 0.717) is 23.2 Å². The summed E-state index contributed by atoms with van der Waals surface area (Å²) in [5.41, 5.74) is 7.87. The molecule has 0 unspecified atom stereocenters. The number of guanidine groups is 1. The molecule has 28 heteroatoms. The Hall–Kier alpha value is -9.63. The van der Waals surface area contributed by atoms with Crippen LogP contribution in [0.4, 0.5) is 4.79 Å². The van der Waals surface area contributed by atoms with Crippen LogP contribution in [0.15, 0.2) is 103 Å². The Kier molecular flexibility index (Phi) is 23.5. The number of phenols is 1. The van der Waals surface area contributed by atoms with Crippen LogP contribution >= 0.6 is 0 Å². The summed E-state index contributed by atoms with van der Waals surface area (Å²) >= 11 is 0. The van der Waals surface area contributed by atoms with Crippen LogP contribution in [0.1, 0.15) is 55.0 Å². The number of rotatable bonds is 28. The summed E-state index contributed by atoms with van der Waals surface area (Å²) in [5, 5.41) is 40.1. The first-order valence-electron chi connectivity index (χ1n) is 25.0. The number of nitrogens with zero attached hydrogens (tertiary/aromatic N) is 5. The molecule has 3 aromatic carbocycles. The molecule has 5 rings (SSSR count). The molecule has 0 spiro atoms. The lowest BCUT2D eigenvalue weighted by Gasteiger charge is -2.29. The van der Waals surface area contributed by atoms with E-state index in [0.717, 1.165) is 10.5 Å². The quantitative estimate of drug-likeness (QED) is 0.00812. The standard InChI is InChI=1S/C51H64N14O14/c1-32(49(74)78-29-34-11-5-3-6-12-34)58-47(72)41-16-10-22-64(41)48(73)40(24-36-25-53-31-57-36)61-43(68)27-56-46(71)39(23-33-17-19-37(66)20-18-33)60-42(67)26-55-45(70)38(15-9-21-54-50(52)62-65(76)77)59-44(69)28-63(2)51(75)79-30-35-13-7-4-8-14-35/h3-8,11-14,17-20,25,31-32,38-41,66H,9-10,15-16,21-24,26-30H2,1-2H3,(H,53,57)(H,55,70)(H,56,71)(H,58,72)(H,59,69)(H,60,67)(H,61,68)(H3,52,54,62)/t32-,38+,39+,40+,41+/m1/s1. The number of phenolic OH excluding ortho intramolecular Hbond substituents is 1. The van der Waals surface area contributed by atoms with Gasteiger partial charge in [-0.2, -0.15) is 0 Å². The van der Waals surface area contributed by atoms with E-state index in [2.05, 4.69) is 52.3 Å². The van der Waals surface area contributed by atoms with Crippen LogP contribution in [0, 0.1) is 10.1 Å². The lowest BCUT2D eigenvalue weighted by molar-refractivity contribution is -0.485. The van der Waals surface area contributed by atoms with Crippen molar-refractivity contribution < 1.29 is 62.8 Å². The molecular weight excluding hydrogens is 1030 g/mol. The van der Waals surface area contributed by atoms with E-state index < -0.39 is 114 Å². The average Bonchev–Trinajstić information content (AvgIpc) is 4.15. The number of hydrogen-bond acceptors (Lipinski definition) is 15. The van der Waals surface area contributed by atoms with Crippen LogP contribution in [0.5, 0.6) is 5.75 Å². The molecule has 1 aliphatic heterocycles. The number of esters is 1. The second-order valence-corrected chi connectivity index (χ2v) is 18.1. The van der Waals surface area contributed by atoms with Gasteiger partial charge in [0.25, 0.3) is 5.96 Å². The summed E-state index contributed by atoms with van der Waals surface area (Å²) in [4.78, 5) is 141. The fourth-order valence-electron chi connectivity index (χ4n) is 7.95. The number of nitrogens with one attached hydrogen (secondary N) is 8. The number of hydrazone groups is 1. The topological polar surface area (TPSA) is 393 Å². The Balaban J connectivity index is 1.19. The van der Waals surface area contributed by atoms with Crippen molar-refractivity contribution in [2.75, 3.05) is 39.8 Å². The highest BCUT2D eigenvalue weighted by atomic mass is 16.7. The molecule has 0 radical (unpaired) electrons. The maximum absolute atomic E-state index is 14.2. The number of imidazole rings is 1. The van der Waals surface area contributed by atoms with Gasteiger partial charge in [0.05, 0.1) is 19.4 Å². The van der Waals surface area contributed by atoms with E-state index in [-0.39, 0.29) is 64.2 Å². The van der Waals surface area contributed by atoms with Crippen molar-refractivity contribution in [1.29, 1.82) is 0 Å². The third kappa shape index (κ3) is 20.8. The number of aromatic hydroxyl groups is 1. The number of ether oxygens (including phenoxy) is 2. The molecule has 0 saturated carbocycles. The Morgan fingerprint density at radius 1 is 0.797 bits per heavy atom. The number of amides is 8. The summed E-state index contributed by atoms with van der Waals surface area (Å²) in [6, 6.07) is 17.4. The zero-order valence-corrected chi connectivity index (χ0v) is 43.4. The number of likely N-dealkylation sites (tertiary alicyclic amines) is 1. The first kappa shape index (κ1) is 60.2. The van der Waals surface area contributed by atoms with Crippen molar-refractivity contribution in [3.05, 3.63) is 130 Å². The molecule has 8 amide bonds. The molecule has 0 aliphatic carbocycles. The fourth-order valence-corrected chi connectivity index (χ4v) is 7.95. The molecule has 1 aromatic heterocycles. The number of likely N-dealkylation sites (N-methyl/N-ethyl adjacent to an activating group) is 1. The number of benzene rings is 3. The SMILES string of the molecule is C[C@@H](NC(=O)[C@@H]1CCCN1C(=O)[C@H](Cc1cnc[nH]1)NC(=O)CNC(=O)[C@H](Cc1ccc(O)cc1)NC(=O)CNC(=O)[C@H](CCCN/C(N)=N/[N+](=O)[O-])NC(=O)CN(C)C(=O)OCc1ccccc1)C(=O)OCc1ccccc1. The third-order valence-corrected chi connectivity index (χ3v) is 12.0. The van der Waals surface area contributed by atoms with Crippen molar-refractivity contribution in [1.82, 2.24) is 57.0 Å². The normalized spacial score (nSPS) is 14.4. The molecule has 5 atom stereocenters. The molecule has 4 aromatic rings. The van der Waals surface area contributed by atoms with E-state index in [1.54, 1.807) is 54.6 Å². The molecule has 79 heavy (non-hydrogen) atoms. The molecular formula is C51H64N14O14. The van der Waals surface area contributed by atoms with E-state index in [9.17, 15) is 58.4 Å². The van der Waals surface area contributed by atoms with Gasteiger partial charge < -0.3 is 72.3 Å². The molecule has 0 bridgehead atoms. The Bertz CT molecular complexity index is 2750. The molecule has 1 fully saturated rings. The van der Waals surface area contributed by atoms with Gasteiger partial charge in [-0.3, -0.25) is 33.6 Å². The van der Waals surface area contributed by atoms with Gasteiger partial charge in [-0.05, 0) is 61.4 Å². The minimum atomic E-state index is -1.39. The van der Waals surface area contributed by atoms with Gasteiger partial charge in [0.15, 0.2) is 5.03 Å². The predicted octanol–water partition coefficient (Wildman–Crippen LogP) is -1.03. The lowest BCUT2D eigenvalue weighted by atomic mass is 10.0. The smallest absolute Gasteiger partial charge is 0.410 e. The number of carbonyl (C=O) groups excluding carboxylic acids is 9. The lowest BCUT2D eigenvalue weighted by Crippen LogP contribution is -2.57. The predicted molar refractivity (Wildman–Crippen MR) is 280 cm³/mol. The van der Waals surface area contributed by atoms with E-state index >= 15 is 0 Å². The number of H-pyrrole nitrogens is 1. The summed E-state index contributed by atoms with van der Waals surface area (Å²) in [7, 11) is 1.30. The highest BCUT2D eigenvalue weighted by Gasteiger charge is 2.39. The van der Waals surface area contributed by atoms with Crippen LogP contribution in [0.3, 0.4) is 0 Å². The van der Waals surface area contributed by atoms with Crippen LogP contribution in [0.25, 0.3) is 0 Å². The largest absolute Gasteiger partial charge is 0.508 e. The minimum absolute atomic E-state index is 0.00574. The van der Waals surface area contributed by atoms with Crippen molar-refractivity contribution in [3.63, 3.8) is 0 Å². The maximum Gasteiger partial charge on any atom is 0.410 e. The van der Waals surface area contributed by atoms with E-state index in [1.807, 2.05) is 6.07 Å². The molecule has 11 N–H and O–H groups in total. The van der Waals surface area contributed by atoms with Gasteiger partial charge in [0.1, 0.15) is 60.8 Å². The van der Waals surface area contributed by atoms with Gasteiger partial charge in [-0.15, -0.1) is 0 Å². The monoisotopic (exact) mass is 1100 g/mol. The summed E-state index contributed by atoms with van der Waals surface area (Å²) < 4.78 is 10.6. The number of nitro groups is 1. The number of hydrogen-bond donors (Lipinski definition) is 10. The van der Waals surface area contributed by atoms with Crippen molar-refractivity contribution in [2.45, 2.75) is 88.9 Å². The van der Waals surface area contributed by atoms with Gasteiger partial charge in [-0.1, -0.05) is 72.8 Å². The van der Waals surface area contributed by atoms with Gasteiger partial charge in [0.2, 0.25) is 41.4 Å². The summed E-state index contributed by atoms with van der Waals surface area (Å²) in [6.07, 6.45) is 2.41. The molecule has 2 heterocycles. The van der Waals surface area contributed by atoms with Crippen molar-refractivity contribution in [2.24, 2.45) is 10.8 Å². The molecule has 28 nitrogen and oxygen atoms in total. The average molecular weight is 1100 g/mol. The number of nitrogens with two attached hydrogens (primary N) is 1. The van der Waals surface area contributed by atoms with Crippen LogP contribution < -0.4 is 43.0 Å². The Morgan fingerprint density at radius 3 is 2.00 bits per heavy atom. The Morgan fingerprint density at radius 2 is 1.39 bits per heavy atom. The zero-order chi connectivity index (χ0) is 57.3. The van der Waals surface area contributed by atoms with Crippen LogP contribution in [-0.4, -0.2) is 159 Å². The van der Waals surface area contributed by atoms with Gasteiger partial charge in [-0.25, -0.2) is 24.7 Å². The summed E-state index contributed by atoms with van der Waals surface area (Å²) in [6.45, 7) is -0.459. The van der Waals surface area contributed by atoms with Crippen molar-refractivity contribution in [3.8, 4) is 5.75 Å². The number of carbonyl (C=O) groups is 9. The fraction of sp³-hybridized carbons (Fsp3) is 0.392. The maximum atomic E-state index is 14.2. The van der Waals surface area contributed by atoms with Gasteiger partial charge >= 0.3 is 12.1 Å². The molecule has 1 aliphatic rings. The zero-order valence-electron chi connectivity index (χ0n) is 43.4. The second-order valence-electron chi connectivity index (χ2n) is 18.1. The highest BCUT2D eigenvalue weighted by Crippen LogP contribution is 2.20. The van der Waals surface area contributed by atoms with Crippen LogP contribution in [0.2, 0.25) is 0 Å². The first-order valence-corrected chi connectivity index (χ1v) is 25.0. The van der Waals surface area contributed by atoms with E-state index in [1.165, 1.54) is 55.7 Å². The van der Waals surface area contributed by atoms with Crippen molar-refractivity contribution >= 4 is 59.4 Å². The molecule has 422 valence electrons. The summed E-state index contributed by atoms with van der Waals surface area (Å²) in [5.74, 6) is -6.72. The number of aromatic nitrogens is 2. The highest BCUT2D eigenvalue weighted by molar-refractivity contribution is 5.96. The Labute approximate surface area is 453 Å². The molecule has 1 saturated heterocycles. The van der Waals surface area contributed by atoms with E-state index in [4.69, 9.17) is 15.2 Å². The third-order valence-electron chi connectivity index (χ3n) is 12.0. The first-order chi connectivity index (χ1) is 37.8. The minimum Gasteiger partial charge on any atom is -0.508 e. The number of aromatic amines is 1. The van der Waals surface area contributed by atoms with Crippen LogP contribution in [-0.2, 0) is 73.9 Å². The van der Waals surface area contributed by atoms with Gasteiger partial charge in [0, 0.05) is 44.9 Å².